The van der Waals surface area contributed by atoms with Crippen molar-refractivity contribution in [3.05, 3.63) is 24.3 Å². The molecule has 1 aromatic rings. The Balaban J connectivity index is 2.09. The van der Waals surface area contributed by atoms with Gasteiger partial charge in [-0.05, 0) is 37.2 Å². The highest BCUT2D eigenvalue weighted by Gasteiger charge is 2.18. The summed E-state index contributed by atoms with van der Waals surface area (Å²) in [5, 5.41) is 4.13. The number of nitrogens with zero attached hydrogens (tertiary/aromatic N) is 1. The maximum Gasteiger partial charge on any atom is 0.173 e. The Hall–Kier alpha value is -1.29. The van der Waals surface area contributed by atoms with Gasteiger partial charge in [0.05, 0.1) is 12.3 Å². The normalized spacial score (nSPS) is 14.4. The molecule has 0 radical (unpaired) electrons. The minimum atomic E-state index is 0.755. The number of benzene rings is 1. The van der Waals surface area contributed by atoms with Crippen LogP contribution in [0.4, 0.5) is 5.69 Å². The van der Waals surface area contributed by atoms with Gasteiger partial charge in [0.2, 0.25) is 0 Å². The Labute approximate surface area is 114 Å². The second-order valence-corrected chi connectivity index (χ2v) is 4.79. The molecule has 0 unspecified atom stereocenters. The molecule has 2 rings (SSSR count). The van der Waals surface area contributed by atoms with E-state index in [2.05, 4.69) is 23.2 Å². The molecular formula is C14H20N2OS. The van der Waals surface area contributed by atoms with E-state index >= 15 is 0 Å². The summed E-state index contributed by atoms with van der Waals surface area (Å²) in [4.78, 5) is 2.15. The fourth-order valence-electron chi connectivity index (χ4n) is 2.01. The Kier molecular flexibility index (Phi) is 4.81. The molecule has 1 N–H and O–H groups in total. The molecule has 0 amide bonds. The Morgan fingerprint density at radius 2 is 2.28 bits per heavy atom. The molecule has 0 atom stereocenters. The monoisotopic (exact) mass is 264 g/mol. The zero-order valence-electron chi connectivity index (χ0n) is 10.8. The third-order valence-electron chi connectivity index (χ3n) is 2.99. The smallest absolute Gasteiger partial charge is 0.173 e. The molecule has 0 aromatic heterocycles. The average Bonchev–Trinajstić information content (AvgIpc) is 2.61. The molecule has 0 saturated heterocycles. The zero-order chi connectivity index (χ0) is 12.8. The van der Waals surface area contributed by atoms with Crippen molar-refractivity contribution in [2.75, 3.05) is 24.6 Å². The van der Waals surface area contributed by atoms with Crippen molar-refractivity contribution < 1.29 is 4.74 Å². The van der Waals surface area contributed by atoms with Crippen molar-refractivity contribution in [2.45, 2.75) is 26.2 Å². The van der Waals surface area contributed by atoms with Crippen LogP contribution in [0.15, 0.2) is 24.3 Å². The molecule has 0 fully saturated rings. The molecule has 0 spiro atoms. The van der Waals surface area contributed by atoms with Crippen LogP contribution in [0.5, 0.6) is 5.75 Å². The molecule has 1 aliphatic heterocycles. The van der Waals surface area contributed by atoms with Crippen LogP contribution in [0.2, 0.25) is 0 Å². The van der Waals surface area contributed by atoms with Crippen LogP contribution in [-0.2, 0) is 0 Å². The summed E-state index contributed by atoms with van der Waals surface area (Å²) in [5.74, 6) is 0.926. The van der Waals surface area contributed by atoms with Gasteiger partial charge < -0.3 is 15.0 Å². The van der Waals surface area contributed by atoms with Gasteiger partial charge >= 0.3 is 0 Å². The molecule has 0 aliphatic carbocycles. The van der Waals surface area contributed by atoms with E-state index in [-0.39, 0.29) is 0 Å². The molecule has 0 bridgehead atoms. The van der Waals surface area contributed by atoms with Gasteiger partial charge in [0.15, 0.2) is 5.11 Å². The lowest BCUT2D eigenvalue weighted by atomic mass is 10.2. The van der Waals surface area contributed by atoms with Crippen molar-refractivity contribution in [3.63, 3.8) is 0 Å². The Morgan fingerprint density at radius 1 is 1.44 bits per heavy atom. The van der Waals surface area contributed by atoms with Crippen molar-refractivity contribution in [3.8, 4) is 5.75 Å². The van der Waals surface area contributed by atoms with Gasteiger partial charge in [-0.25, -0.2) is 0 Å². The van der Waals surface area contributed by atoms with Crippen LogP contribution in [0.1, 0.15) is 26.2 Å². The van der Waals surface area contributed by atoms with Crippen LogP contribution in [0, 0.1) is 0 Å². The highest BCUT2D eigenvalue weighted by atomic mass is 32.1. The molecule has 98 valence electrons. The van der Waals surface area contributed by atoms with Gasteiger partial charge in [-0.3, -0.25) is 0 Å². The SMILES string of the molecule is CCCCNC(=S)N1CCCOc2ccccc21. The maximum absolute atomic E-state index is 5.73. The van der Waals surface area contributed by atoms with Crippen LogP contribution in [0.3, 0.4) is 0 Å². The maximum atomic E-state index is 5.73. The fourth-order valence-corrected chi connectivity index (χ4v) is 2.30. The summed E-state index contributed by atoms with van der Waals surface area (Å²) in [6.07, 6.45) is 3.31. The van der Waals surface area contributed by atoms with E-state index in [1.54, 1.807) is 0 Å². The highest BCUT2D eigenvalue weighted by Crippen LogP contribution is 2.30. The van der Waals surface area contributed by atoms with Crippen molar-refractivity contribution in [2.24, 2.45) is 0 Å². The first kappa shape index (κ1) is 13.1. The molecule has 18 heavy (non-hydrogen) atoms. The summed E-state index contributed by atoms with van der Waals surface area (Å²) in [6, 6.07) is 8.09. The first-order valence-electron chi connectivity index (χ1n) is 6.60. The van der Waals surface area contributed by atoms with E-state index < -0.39 is 0 Å². The Morgan fingerprint density at radius 3 is 3.11 bits per heavy atom. The lowest BCUT2D eigenvalue weighted by Gasteiger charge is -2.24. The van der Waals surface area contributed by atoms with E-state index in [9.17, 15) is 0 Å². The molecule has 4 heteroatoms. The van der Waals surface area contributed by atoms with Crippen LogP contribution >= 0.6 is 12.2 Å². The number of unbranched alkanes of at least 4 members (excludes halogenated alkanes) is 1. The topological polar surface area (TPSA) is 24.5 Å². The summed E-state index contributed by atoms with van der Waals surface area (Å²) in [7, 11) is 0. The van der Waals surface area contributed by atoms with E-state index in [0.29, 0.717) is 0 Å². The number of thiocarbonyl (C=S) groups is 1. The average molecular weight is 264 g/mol. The molecule has 1 aliphatic rings. The minimum Gasteiger partial charge on any atom is -0.491 e. The standard InChI is InChI=1S/C14H20N2OS/c1-2-3-9-15-14(18)16-10-6-11-17-13-8-5-4-7-12(13)16/h4-5,7-8H,2-3,6,9-11H2,1H3,(H,15,18). The first-order chi connectivity index (χ1) is 8.83. The molecular weight excluding hydrogens is 244 g/mol. The van der Waals surface area contributed by atoms with Gasteiger partial charge in [0.1, 0.15) is 5.75 Å². The lowest BCUT2D eigenvalue weighted by molar-refractivity contribution is 0.322. The van der Waals surface area contributed by atoms with E-state index in [1.807, 2.05) is 18.2 Å². The molecule has 0 saturated carbocycles. The summed E-state index contributed by atoms with van der Waals surface area (Å²) in [5.41, 5.74) is 1.07. The predicted molar refractivity (Wildman–Crippen MR) is 79.4 cm³/mol. The number of para-hydroxylation sites is 2. The number of nitrogens with one attached hydrogen (secondary N) is 1. The van der Waals surface area contributed by atoms with E-state index in [0.717, 1.165) is 49.1 Å². The number of rotatable bonds is 3. The summed E-state index contributed by atoms with van der Waals surface area (Å²) >= 11 is 5.48. The van der Waals surface area contributed by atoms with Gasteiger partial charge in [0, 0.05) is 13.1 Å². The number of ether oxygens (including phenoxy) is 1. The third-order valence-corrected chi connectivity index (χ3v) is 3.36. The number of hydrogen-bond acceptors (Lipinski definition) is 2. The molecule has 3 nitrogen and oxygen atoms in total. The minimum absolute atomic E-state index is 0.755. The van der Waals surface area contributed by atoms with Crippen LogP contribution < -0.4 is 15.0 Å². The first-order valence-corrected chi connectivity index (χ1v) is 7.01. The second kappa shape index (κ2) is 6.59. The van der Waals surface area contributed by atoms with Crippen molar-refractivity contribution in [1.29, 1.82) is 0 Å². The van der Waals surface area contributed by atoms with Crippen molar-refractivity contribution in [1.82, 2.24) is 5.32 Å². The van der Waals surface area contributed by atoms with E-state index in [4.69, 9.17) is 17.0 Å². The van der Waals surface area contributed by atoms with Gasteiger partial charge in [-0.2, -0.15) is 0 Å². The quantitative estimate of drug-likeness (QED) is 0.670. The predicted octanol–water partition coefficient (Wildman–Crippen LogP) is 2.95. The zero-order valence-corrected chi connectivity index (χ0v) is 11.6. The van der Waals surface area contributed by atoms with Crippen molar-refractivity contribution >= 4 is 23.0 Å². The van der Waals surface area contributed by atoms with E-state index in [1.165, 1.54) is 6.42 Å². The Bertz CT molecular complexity index is 409. The largest absolute Gasteiger partial charge is 0.491 e. The van der Waals surface area contributed by atoms with Crippen LogP contribution in [0.25, 0.3) is 0 Å². The van der Waals surface area contributed by atoms with Crippen LogP contribution in [-0.4, -0.2) is 24.8 Å². The van der Waals surface area contributed by atoms with Gasteiger partial charge in [-0.15, -0.1) is 0 Å². The third kappa shape index (κ3) is 3.13. The number of anilines is 1. The van der Waals surface area contributed by atoms with Gasteiger partial charge in [0.25, 0.3) is 0 Å². The summed E-state index contributed by atoms with van der Waals surface area (Å²) in [6.45, 7) is 4.79. The second-order valence-electron chi connectivity index (χ2n) is 4.41. The number of hydrogen-bond donors (Lipinski definition) is 1. The highest BCUT2D eigenvalue weighted by molar-refractivity contribution is 7.80. The fraction of sp³-hybridized carbons (Fsp3) is 0.500. The summed E-state index contributed by atoms with van der Waals surface area (Å²) < 4.78 is 5.73. The molecule has 1 aromatic carbocycles. The number of fused-ring (bicyclic) bond motifs is 1. The lowest BCUT2D eigenvalue weighted by Crippen LogP contribution is -2.40. The molecule has 1 heterocycles. The van der Waals surface area contributed by atoms with Gasteiger partial charge in [-0.1, -0.05) is 25.5 Å².